The zero-order valence-corrected chi connectivity index (χ0v) is 18.1. The largest absolute Gasteiger partial charge is 0.496 e. The van der Waals surface area contributed by atoms with Crippen LogP contribution < -0.4 is 9.47 Å². The second-order valence-corrected chi connectivity index (χ2v) is 8.52. The molecule has 154 valence electrons. The predicted molar refractivity (Wildman–Crippen MR) is 107 cm³/mol. The lowest BCUT2D eigenvalue weighted by Gasteiger charge is -2.39. The molecule has 6 nitrogen and oxygen atoms in total. The van der Waals surface area contributed by atoms with Crippen LogP contribution in [0.3, 0.4) is 0 Å². The van der Waals surface area contributed by atoms with E-state index < -0.39 is 25.0 Å². The van der Waals surface area contributed by atoms with E-state index in [0.717, 1.165) is 12.8 Å². The Morgan fingerprint density at radius 3 is 2.14 bits per heavy atom. The van der Waals surface area contributed by atoms with E-state index in [2.05, 4.69) is 0 Å². The highest BCUT2D eigenvalue weighted by molar-refractivity contribution is 7.28. The second-order valence-electron chi connectivity index (χ2n) is 7.44. The molecule has 0 aliphatic heterocycles. The number of carbonyl (C=O) groups is 2. The van der Waals surface area contributed by atoms with Gasteiger partial charge in [-0.05, 0) is 45.2 Å². The summed E-state index contributed by atoms with van der Waals surface area (Å²) in [5, 5.41) is -1.49. The third-order valence-electron chi connectivity index (χ3n) is 5.94. The Morgan fingerprint density at radius 1 is 1.18 bits per heavy atom. The molecule has 1 aliphatic carbocycles. The van der Waals surface area contributed by atoms with E-state index in [1.54, 1.807) is 32.0 Å². The normalized spacial score (nSPS) is 18.9. The van der Waals surface area contributed by atoms with Crippen molar-refractivity contribution in [3.8, 4) is 11.5 Å². The molecule has 0 aromatic heterocycles. The highest BCUT2D eigenvalue weighted by Crippen LogP contribution is 2.56. The first-order valence-electron chi connectivity index (χ1n) is 9.62. The third kappa shape index (κ3) is 3.67. The molecule has 0 amide bonds. The molecule has 1 aromatic rings. The van der Waals surface area contributed by atoms with Crippen LogP contribution in [0.4, 0.5) is 0 Å². The summed E-state index contributed by atoms with van der Waals surface area (Å²) in [5.41, 5.74) is -0.872. The molecule has 0 heterocycles. The van der Waals surface area contributed by atoms with E-state index in [9.17, 15) is 14.2 Å². The van der Waals surface area contributed by atoms with Crippen LogP contribution in [0.1, 0.15) is 63.2 Å². The fourth-order valence-corrected chi connectivity index (χ4v) is 4.56. The number of benzene rings is 1. The van der Waals surface area contributed by atoms with Crippen LogP contribution in [0.15, 0.2) is 18.2 Å². The van der Waals surface area contributed by atoms with Gasteiger partial charge in [-0.15, -0.1) is 0 Å². The van der Waals surface area contributed by atoms with Gasteiger partial charge in [0.15, 0.2) is 19.4 Å². The van der Waals surface area contributed by atoms with Gasteiger partial charge in [-0.1, -0.05) is 25.8 Å². The van der Waals surface area contributed by atoms with Gasteiger partial charge in [0.25, 0.3) is 0 Å². The van der Waals surface area contributed by atoms with E-state index in [0.29, 0.717) is 30.8 Å². The molecule has 1 saturated carbocycles. The molecule has 0 saturated heterocycles. The molecule has 1 aliphatic rings. The molecule has 2 atom stereocenters. The van der Waals surface area contributed by atoms with Gasteiger partial charge in [-0.2, -0.15) is 0 Å². The lowest BCUT2D eigenvalue weighted by Crippen LogP contribution is -2.52. The Bertz CT molecular complexity index is 718. The molecular weight excluding hydrogens is 379 g/mol. The Balaban J connectivity index is 2.61. The van der Waals surface area contributed by atoms with E-state index in [-0.39, 0.29) is 17.5 Å². The summed E-state index contributed by atoms with van der Waals surface area (Å²) in [6.45, 7) is 5.25. The van der Waals surface area contributed by atoms with Crippen LogP contribution in [0.25, 0.3) is 0 Å². The smallest absolute Gasteiger partial charge is 0.324 e. The van der Waals surface area contributed by atoms with E-state index in [4.69, 9.17) is 14.2 Å². The van der Waals surface area contributed by atoms with Gasteiger partial charge in [0.1, 0.15) is 17.1 Å². The summed E-state index contributed by atoms with van der Waals surface area (Å²) in [4.78, 5) is 26.9. The Kier molecular flexibility index (Phi) is 7.22. The first kappa shape index (κ1) is 22.4. The summed E-state index contributed by atoms with van der Waals surface area (Å²) in [6, 6.07) is 5.10. The molecule has 0 N–H and O–H groups in total. The minimum Gasteiger partial charge on any atom is -0.496 e. The molecule has 28 heavy (non-hydrogen) atoms. The van der Waals surface area contributed by atoms with Gasteiger partial charge in [0, 0.05) is 0 Å². The summed E-state index contributed by atoms with van der Waals surface area (Å²) in [7, 11) is 2.54. The maximum Gasteiger partial charge on any atom is 0.324 e. The number of carbonyl (C=O) groups excluding carboxylic acids is 2. The highest BCUT2D eigenvalue weighted by atomic mass is 31.1. The van der Waals surface area contributed by atoms with Crippen LogP contribution in [0, 0.1) is 5.41 Å². The van der Waals surface area contributed by atoms with Crippen molar-refractivity contribution >= 4 is 20.2 Å². The molecule has 7 heteroatoms. The molecule has 1 aromatic carbocycles. The fraction of sp³-hybridized carbons (Fsp3) is 0.619. The van der Waals surface area contributed by atoms with Crippen molar-refractivity contribution in [1.29, 1.82) is 0 Å². The van der Waals surface area contributed by atoms with Gasteiger partial charge < -0.3 is 14.2 Å². The summed E-state index contributed by atoms with van der Waals surface area (Å²) in [6.07, 6.45) is 2.76. The average molecular weight is 408 g/mol. The Labute approximate surface area is 168 Å². The van der Waals surface area contributed by atoms with E-state index >= 15 is 0 Å². The maximum atomic E-state index is 13.9. The number of rotatable bonds is 9. The van der Waals surface area contributed by atoms with Gasteiger partial charge in [0.05, 0.1) is 25.7 Å². The fourth-order valence-electron chi connectivity index (χ4n) is 3.93. The monoisotopic (exact) mass is 408 g/mol. The van der Waals surface area contributed by atoms with Crippen molar-refractivity contribution in [3.63, 3.8) is 0 Å². The minimum atomic E-state index is -1.49. The molecular formula is C21H29O6P. The van der Waals surface area contributed by atoms with Crippen molar-refractivity contribution < 1.29 is 28.4 Å². The number of Topliss-reactive ketones (excluding diaryl/α,β-unsaturated/α-hetero) is 1. The standard InChI is InChI=1S/C21H29O6P/c1-6-14(2)27-19(23)20(3,28-24)21(12-7-8-13-21)18(22)17-15(25-4)10-9-11-16(17)26-5/h9-11,14H,6-8,12-13H2,1-5H3. The molecule has 0 bridgehead atoms. The highest BCUT2D eigenvalue weighted by Gasteiger charge is 2.61. The van der Waals surface area contributed by atoms with Gasteiger partial charge in [-0.3, -0.25) is 14.2 Å². The maximum absolute atomic E-state index is 13.9. The number of esters is 1. The van der Waals surface area contributed by atoms with Crippen molar-refractivity contribution in [1.82, 2.24) is 0 Å². The zero-order chi connectivity index (χ0) is 20.9. The molecule has 0 spiro atoms. The summed E-state index contributed by atoms with van der Waals surface area (Å²) < 4.78 is 28.7. The number of hydrogen-bond donors (Lipinski definition) is 0. The van der Waals surface area contributed by atoms with E-state index in [1.807, 2.05) is 6.92 Å². The number of methoxy groups -OCH3 is 2. The van der Waals surface area contributed by atoms with Crippen molar-refractivity contribution in [2.75, 3.05) is 14.2 Å². The molecule has 0 radical (unpaired) electrons. The lowest BCUT2D eigenvalue weighted by molar-refractivity contribution is -0.154. The quantitative estimate of drug-likeness (QED) is 0.331. The number of hydrogen-bond acceptors (Lipinski definition) is 6. The number of ether oxygens (including phenoxy) is 3. The topological polar surface area (TPSA) is 78.9 Å². The Hall–Kier alpha value is -1.94. The molecule has 2 unspecified atom stereocenters. The van der Waals surface area contributed by atoms with Crippen LogP contribution in [-0.4, -0.2) is 37.2 Å². The zero-order valence-electron chi connectivity index (χ0n) is 17.2. The average Bonchev–Trinajstić information content (AvgIpc) is 3.23. The van der Waals surface area contributed by atoms with Crippen LogP contribution >= 0.6 is 8.46 Å². The van der Waals surface area contributed by atoms with Crippen LogP contribution in [-0.2, 0) is 14.1 Å². The van der Waals surface area contributed by atoms with Crippen molar-refractivity contribution in [2.45, 2.75) is 64.1 Å². The first-order valence-corrected chi connectivity index (χ1v) is 10.4. The molecule has 2 rings (SSSR count). The second kappa shape index (κ2) is 9.04. The van der Waals surface area contributed by atoms with Crippen LogP contribution in [0.5, 0.6) is 11.5 Å². The van der Waals surface area contributed by atoms with E-state index in [1.165, 1.54) is 14.2 Å². The SMILES string of the molecule is CCC(C)OC(=O)C(C)(P=O)C1(C(=O)c2c(OC)cccc2OC)CCCC1. The van der Waals surface area contributed by atoms with Gasteiger partial charge >= 0.3 is 5.97 Å². The predicted octanol–water partition coefficient (Wildman–Crippen LogP) is 4.84. The van der Waals surface area contributed by atoms with Crippen molar-refractivity contribution in [2.24, 2.45) is 5.41 Å². The minimum absolute atomic E-state index is 0.278. The summed E-state index contributed by atoms with van der Waals surface area (Å²) in [5.74, 6) is -0.152. The van der Waals surface area contributed by atoms with Crippen molar-refractivity contribution in [3.05, 3.63) is 23.8 Å². The summed E-state index contributed by atoms with van der Waals surface area (Å²) >= 11 is 0. The number of ketones is 1. The van der Waals surface area contributed by atoms with Gasteiger partial charge in [0.2, 0.25) is 0 Å². The van der Waals surface area contributed by atoms with Gasteiger partial charge in [-0.25, -0.2) is 0 Å². The first-order chi connectivity index (χ1) is 13.3. The Morgan fingerprint density at radius 2 is 1.71 bits per heavy atom. The molecule has 1 fully saturated rings. The lowest BCUT2D eigenvalue weighted by atomic mass is 9.68. The third-order valence-corrected chi connectivity index (χ3v) is 6.92. The van der Waals surface area contributed by atoms with Crippen LogP contribution in [0.2, 0.25) is 0 Å².